The second-order valence-corrected chi connectivity index (χ2v) is 12.2. The molecule has 0 bridgehead atoms. The smallest absolute Gasteiger partial charge is 0.134 e. The van der Waals surface area contributed by atoms with E-state index in [4.69, 9.17) is 28.2 Å². The molecule has 1 aliphatic carbocycles. The third kappa shape index (κ3) is 4.78. The molecular formula is C29H27Cl2N3S. The molecule has 0 spiro atoms. The highest BCUT2D eigenvalue weighted by atomic mass is 35.5. The maximum atomic E-state index is 9.93. The van der Waals surface area contributed by atoms with Gasteiger partial charge in [-0.2, -0.15) is 5.26 Å². The van der Waals surface area contributed by atoms with Crippen LogP contribution in [0.15, 0.2) is 53.7 Å². The van der Waals surface area contributed by atoms with Gasteiger partial charge in [0.1, 0.15) is 11.1 Å². The molecule has 0 aliphatic heterocycles. The lowest BCUT2D eigenvalue weighted by Gasteiger charge is -2.33. The summed E-state index contributed by atoms with van der Waals surface area (Å²) in [6, 6.07) is 16.5. The van der Waals surface area contributed by atoms with Crippen LogP contribution in [0, 0.1) is 22.7 Å². The van der Waals surface area contributed by atoms with Crippen LogP contribution in [0.2, 0.25) is 10.0 Å². The van der Waals surface area contributed by atoms with Crippen LogP contribution in [0.1, 0.15) is 54.3 Å². The lowest BCUT2D eigenvalue weighted by atomic mass is 9.72. The third-order valence-corrected chi connectivity index (χ3v) is 8.96. The van der Waals surface area contributed by atoms with Gasteiger partial charge in [0.05, 0.1) is 15.6 Å². The van der Waals surface area contributed by atoms with E-state index in [0.717, 1.165) is 51.9 Å². The van der Waals surface area contributed by atoms with Crippen molar-refractivity contribution in [3.63, 3.8) is 0 Å². The molecule has 2 aromatic carbocycles. The number of hydrogen-bond donors (Lipinski definition) is 0. The SMILES string of the molecule is CC(C)(C)[C@H]1CCc2c(sc(N=Cc3cn(Cc4ccc(Cl)c(Cl)c4)c4ccccc34)c2C#N)C1. The number of nitrogens with zero attached hydrogens (tertiary/aromatic N) is 3. The van der Waals surface area contributed by atoms with Crippen LogP contribution in [0.5, 0.6) is 0 Å². The Morgan fingerprint density at radius 1 is 1.17 bits per heavy atom. The molecule has 0 radical (unpaired) electrons. The van der Waals surface area contributed by atoms with E-state index in [9.17, 15) is 5.26 Å². The fraction of sp³-hybridized carbons (Fsp3) is 0.310. The third-order valence-electron chi connectivity index (χ3n) is 7.06. The molecule has 35 heavy (non-hydrogen) atoms. The lowest BCUT2D eigenvalue weighted by molar-refractivity contribution is 0.218. The van der Waals surface area contributed by atoms with Gasteiger partial charge >= 0.3 is 0 Å². The quantitative estimate of drug-likeness (QED) is 0.248. The van der Waals surface area contributed by atoms with E-state index in [-0.39, 0.29) is 5.41 Å². The van der Waals surface area contributed by atoms with E-state index >= 15 is 0 Å². The van der Waals surface area contributed by atoms with Crippen LogP contribution < -0.4 is 0 Å². The van der Waals surface area contributed by atoms with Crippen molar-refractivity contribution in [2.45, 2.75) is 46.6 Å². The molecule has 1 aliphatic rings. The molecular weight excluding hydrogens is 493 g/mol. The van der Waals surface area contributed by atoms with Gasteiger partial charge in [-0.3, -0.25) is 0 Å². The molecule has 1 atom stereocenters. The Labute approximate surface area is 220 Å². The molecule has 0 saturated heterocycles. The second-order valence-electron chi connectivity index (χ2n) is 10.3. The highest BCUT2D eigenvalue weighted by Gasteiger charge is 2.32. The molecule has 0 N–H and O–H groups in total. The van der Waals surface area contributed by atoms with Gasteiger partial charge in [-0.1, -0.05) is 68.2 Å². The second kappa shape index (κ2) is 9.47. The summed E-state index contributed by atoms with van der Waals surface area (Å²) in [5, 5.41) is 13.0. The number of thiophene rings is 1. The molecule has 0 fully saturated rings. The minimum atomic E-state index is 0.272. The number of para-hydroxylation sites is 1. The number of halogens is 2. The average Bonchev–Trinajstić information content (AvgIpc) is 3.36. The van der Waals surface area contributed by atoms with Crippen molar-refractivity contribution in [2.75, 3.05) is 0 Å². The molecule has 0 unspecified atom stereocenters. The van der Waals surface area contributed by atoms with Crippen LogP contribution in [0.25, 0.3) is 10.9 Å². The maximum absolute atomic E-state index is 9.93. The maximum Gasteiger partial charge on any atom is 0.134 e. The summed E-state index contributed by atoms with van der Waals surface area (Å²) in [5.74, 6) is 0.636. The standard InChI is InChI=1S/C29H27Cl2N3S/c1-29(2,3)20-9-10-22-23(14-32)28(35-27(22)13-20)33-15-19-17-34(26-7-5-4-6-21(19)26)16-18-8-11-24(30)25(31)12-18/h4-8,11-12,15,17,20H,9-10,13,16H2,1-3H3/t20-/m0/s1. The summed E-state index contributed by atoms with van der Waals surface area (Å²) in [4.78, 5) is 6.19. The van der Waals surface area contributed by atoms with Crippen molar-refractivity contribution in [1.29, 1.82) is 5.26 Å². The number of nitriles is 1. The fourth-order valence-corrected chi connectivity index (χ4v) is 6.53. The Kier molecular flexibility index (Phi) is 6.53. The molecule has 2 aromatic heterocycles. The Morgan fingerprint density at radius 2 is 1.97 bits per heavy atom. The molecule has 4 aromatic rings. The summed E-state index contributed by atoms with van der Waals surface area (Å²) < 4.78 is 2.20. The van der Waals surface area contributed by atoms with Crippen molar-refractivity contribution in [1.82, 2.24) is 4.57 Å². The highest BCUT2D eigenvalue weighted by Crippen LogP contribution is 2.45. The summed E-state index contributed by atoms with van der Waals surface area (Å²) in [7, 11) is 0. The van der Waals surface area contributed by atoms with Gasteiger partial charge in [0.15, 0.2) is 0 Å². The molecule has 0 amide bonds. The van der Waals surface area contributed by atoms with Gasteiger partial charge in [-0.05, 0) is 59.9 Å². The zero-order valence-electron chi connectivity index (χ0n) is 20.1. The van der Waals surface area contributed by atoms with E-state index in [0.29, 0.717) is 22.5 Å². The Bertz CT molecular complexity index is 1480. The Hall–Kier alpha value is -2.58. The van der Waals surface area contributed by atoms with Crippen LogP contribution in [-0.4, -0.2) is 10.8 Å². The molecule has 6 heteroatoms. The normalized spacial score (nSPS) is 16.1. The minimum Gasteiger partial charge on any atom is -0.342 e. The topological polar surface area (TPSA) is 41.1 Å². The van der Waals surface area contributed by atoms with Crippen molar-refractivity contribution < 1.29 is 0 Å². The van der Waals surface area contributed by atoms with Crippen LogP contribution in [-0.2, 0) is 19.4 Å². The van der Waals surface area contributed by atoms with E-state index < -0.39 is 0 Å². The van der Waals surface area contributed by atoms with E-state index in [2.05, 4.69) is 49.7 Å². The lowest BCUT2D eigenvalue weighted by Crippen LogP contribution is -2.26. The molecule has 178 valence electrons. The Balaban J connectivity index is 1.48. The first-order chi connectivity index (χ1) is 16.7. The summed E-state index contributed by atoms with van der Waals surface area (Å²) in [6.45, 7) is 7.62. The van der Waals surface area contributed by atoms with Crippen LogP contribution >= 0.6 is 34.5 Å². The average molecular weight is 521 g/mol. The highest BCUT2D eigenvalue weighted by molar-refractivity contribution is 7.16. The zero-order valence-corrected chi connectivity index (χ0v) is 22.4. The van der Waals surface area contributed by atoms with E-state index in [1.165, 1.54) is 10.4 Å². The summed E-state index contributed by atoms with van der Waals surface area (Å²) in [5.41, 5.74) is 5.48. The van der Waals surface area contributed by atoms with Gasteiger partial charge in [-0.15, -0.1) is 11.3 Å². The predicted octanol–water partition coefficient (Wildman–Crippen LogP) is 8.83. The largest absolute Gasteiger partial charge is 0.342 e. The number of fused-ring (bicyclic) bond motifs is 2. The van der Waals surface area contributed by atoms with E-state index in [1.807, 2.05) is 36.5 Å². The molecule has 0 saturated carbocycles. The molecule has 2 heterocycles. The number of benzene rings is 2. The number of hydrogen-bond acceptors (Lipinski definition) is 3. The van der Waals surface area contributed by atoms with Gasteiger partial charge < -0.3 is 4.57 Å². The van der Waals surface area contributed by atoms with Crippen LogP contribution in [0.3, 0.4) is 0 Å². The molecule has 5 rings (SSSR count). The molecule has 3 nitrogen and oxygen atoms in total. The van der Waals surface area contributed by atoms with Crippen molar-refractivity contribution in [3.8, 4) is 6.07 Å². The predicted molar refractivity (Wildman–Crippen MR) is 149 cm³/mol. The Morgan fingerprint density at radius 3 is 2.71 bits per heavy atom. The van der Waals surface area contributed by atoms with Gasteiger partial charge in [0.25, 0.3) is 0 Å². The monoisotopic (exact) mass is 519 g/mol. The van der Waals surface area contributed by atoms with Crippen molar-refractivity contribution in [2.24, 2.45) is 16.3 Å². The minimum absolute atomic E-state index is 0.272. The summed E-state index contributed by atoms with van der Waals surface area (Å²) in [6.07, 6.45) is 7.16. The first-order valence-corrected chi connectivity index (χ1v) is 13.4. The fourth-order valence-electron chi connectivity index (χ4n) is 4.99. The van der Waals surface area contributed by atoms with Gasteiger partial charge in [-0.25, -0.2) is 4.99 Å². The first-order valence-electron chi connectivity index (χ1n) is 11.8. The number of rotatable bonds is 4. The first kappa shape index (κ1) is 24.1. The van der Waals surface area contributed by atoms with Gasteiger partial charge in [0.2, 0.25) is 0 Å². The zero-order chi connectivity index (χ0) is 24.7. The van der Waals surface area contributed by atoms with Crippen molar-refractivity contribution in [3.05, 3.63) is 85.8 Å². The van der Waals surface area contributed by atoms with Crippen molar-refractivity contribution >= 4 is 56.7 Å². The van der Waals surface area contributed by atoms with E-state index in [1.54, 1.807) is 11.3 Å². The summed E-state index contributed by atoms with van der Waals surface area (Å²) >= 11 is 14.0. The van der Waals surface area contributed by atoms with Crippen LogP contribution in [0.4, 0.5) is 5.00 Å². The van der Waals surface area contributed by atoms with Gasteiger partial charge in [0, 0.05) is 40.3 Å². The number of aromatic nitrogens is 1. The number of aliphatic imine (C=N–C) groups is 1.